The number of carbonyl (C=O) groups excluding carboxylic acids is 2. The van der Waals surface area contributed by atoms with Crippen molar-refractivity contribution in [1.29, 1.82) is 0 Å². The molecule has 3 atom stereocenters. The first-order valence-corrected chi connectivity index (χ1v) is 28.4. The van der Waals surface area contributed by atoms with Crippen molar-refractivity contribution in [3.05, 3.63) is 48.6 Å². The Labute approximate surface area is 401 Å². The molecule has 0 aromatic heterocycles. The summed E-state index contributed by atoms with van der Waals surface area (Å²) in [6.45, 7) is 6.76. The van der Waals surface area contributed by atoms with Gasteiger partial charge >= 0.3 is 5.97 Å². The molecule has 0 saturated heterocycles. The van der Waals surface area contributed by atoms with Crippen LogP contribution in [-0.4, -0.2) is 69.4 Å². The first-order chi connectivity index (χ1) is 31.4. The van der Waals surface area contributed by atoms with Gasteiger partial charge in [-0.3, -0.25) is 14.2 Å². The molecular formula is C55H103N2O7P. The number of phosphoric ester groups is 1. The highest BCUT2D eigenvalue weighted by molar-refractivity contribution is 7.45. The Bertz CT molecular complexity index is 1260. The molecule has 0 bridgehead atoms. The molecule has 0 aliphatic carbocycles. The van der Waals surface area contributed by atoms with Crippen molar-refractivity contribution in [2.75, 3.05) is 40.9 Å². The zero-order valence-corrected chi connectivity index (χ0v) is 44.1. The lowest BCUT2D eigenvalue weighted by Crippen LogP contribution is -2.47. The molecule has 0 aliphatic rings. The third-order valence-electron chi connectivity index (χ3n) is 11.8. The lowest BCUT2D eigenvalue weighted by atomic mass is 10.1. The van der Waals surface area contributed by atoms with E-state index in [4.69, 9.17) is 13.8 Å². The first kappa shape index (κ1) is 63.0. The van der Waals surface area contributed by atoms with Crippen LogP contribution < -0.4 is 10.2 Å². The lowest BCUT2D eigenvalue weighted by molar-refractivity contribution is -0.870. The van der Waals surface area contributed by atoms with Gasteiger partial charge in [-0.15, -0.1) is 0 Å². The Morgan fingerprint density at radius 2 is 0.954 bits per heavy atom. The number of amides is 1. The normalized spacial score (nSPS) is 14.3. The van der Waals surface area contributed by atoms with Crippen molar-refractivity contribution in [3.63, 3.8) is 0 Å². The molecule has 0 radical (unpaired) electrons. The van der Waals surface area contributed by atoms with Gasteiger partial charge in [0.05, 0.1) is 33.8 Å². The fraction of sp³-hybridized carbons (Fsp3) is 0.818. The molecular weight excluding hydrogens is 832 g/mol. The van der Waals surface area contributed by atoms with Gasteiger partial charge in [-0.1, -0.05) is 198 Å². The fourth-order valence-corrected chi connectivity index (χ4v) is 8.22. The molecule has 9 nitrogen and oxygen atoms in total. The molecule has 0 fully saturated rings. The molecule has 1 amide bonds. The highest BCUT2D eigenvalue weighted by Gasteiger charge is 2.27. The molecule has 0 aromatic carbocycles. The van der Waals surface area contributed by atoms with E-state index in [2.05, 4.69) is 62.5 Å². The lowest BCUT2D eigenvalue weighted by Gasteiger charge is -2.30. The van der Waals surface area contributed by atoms with Crippen LogP contribution >= 0.6 is 7.82 Å². The van der Waals surface area contributed by atoms with E-state index in [1.165, 1.54) is 109 Å². The number of carbonyl (C=O) groups is 2. The molecule has 1 N–H and O–H groups in total. The van der Waals surface area contributed by atoms with Crippen LogP contribution in [0.4, 0.5) is 0 Å². The molecule has 3 unspecified atom stereocenters. The van der Waals surface area contributed by atoms with Crippen LogP contribution in [-0.2, 0) is 27.9 Å². The van der Waals surface area contributed by atoms with E-state index in [0.717, 1.165) is 83.5 Å². The molecule has 0 aromatic rings. The van der Waals surface area contributed by atoms with Gasteiger partial charge in [0.25, 0.3) is 7.82 Å². The summed E-state index contributed by atoms with van der Waals surface area (Å²) in [4.78, 5) is 39.7. The van der Waals surface area contributed by atoms with Gasteiger partial charge in [0, 0.05) is 12.8 Å². The molecule has 0 spiro atoms. The number of quaternary nitrogens is 1. The average molecular weight is 935 g/mol. The van der Waals surface area contributed by atoms with Crippen molar-refractivity contribution in [2.45, 2.75) is 251 Å². The van der Waals surface area contributed by atoms with Gasteiger partial charge in [-0.05, 0) is 76.7 Å². The number of rotatable bonds is 48. The Kier molecular flexibility index (Phi) is 44.3. The summed E-state index contributed by atoms with van der Waals surface area (Å²) in [5, 5.41) is 2.99. The van der Waals surface area contributed by atoms with Crippen LogP contribution in [0.15, 0.2) is 48.6 Å². The molecule has 65 heavy (non-hydrogen) atoms. The van der Waals surface area contributed by atoms with Crippen LogP contribution in [0.1, 0.15) is 239 Å². The predicted octanol–water partition coefficient (Wildman–Crippen LogP) is 15.1. The molecule has 0 aliphatic heterocycles. The number of unbranched alkanes of at least 4 members (excludes halogenated alkanes) is 27. The largest absolute Gasteiger partial charge is 0.756 e. The maximum atomic E-state index is 13.4. The number of esters is 1. The highest BCUT2D eigenvalue weighted by Crippen LogP contribution is 2.38. The molecule has 0 saturated carbocycles. The number of phosphoric acid groups is 1. The summed E-state index contributed by atoms with van der Waals surface area (Å²) >= 11 is 0. The number of allylic oxidation sites excluding steroid dienone is 7. The number of hydrogen-bond donors (Lipinski definition) is 1. The Morgan fingerprint density at radius 1 is 0.538 bits per heavy atom. The van der Waals surface area contributed by atoms with E-state index in [-0.39, 0.29) is 31.3 Å². The summed E-state index contributed by atoms with van der Waals surface area (Å²) in [5.41, 5.74) is 0. The van der Waals surface area contributed by atoms with E-state index >= 15 is 0 Å². The van der Waals surface area contributed by atoms with Gasteiger partial charge in [0.15, 0.2) is 0 Å². The smallest absolute Gasteiger partial charge is 0.306 e. The van der Waals surface area contributed by atoms with Gasteiger partial charge in [-0.25, -0.2) is 0 Å². The van der Waals surface area contributed by atoms with E-state index in [1.807, 2.05) is 33.3 Å². The highest BCUT2D eigenvalue weighted by atomic mass is 31.2. The van der Waals surface area contributed by atoms with Crippen molar-refractivity contribution < 1.29 is 37.3 Å². The number of likely N-dealkylation sites (N-methyl/N-ethyl adjacent to an activating group) is 1. The van der Waals surface area contributed by atoms with E-state index in [0.29, 0.717) is 23.9 Å². The third kappa shape index (κ3) is 46.9. The number of hydrogen-bond acceptors (Lipinski definition) is 7. The van der Waals surface area contributed by atoms with Gasteiger partial charge in [-0.2, -0.15) is 0 Å². The third-order valence-corrected chi connectivity index (χ3v) is 12.7. The second kappa shape index (κ2) is 45.7. The van der Waals surface area contributed by atoms with E-state index in [1.54, 1.807) is 0 Å². The Hall–Kier alpha value is -2.03. The zero-order valence-electron chi connectivity index (χ0n) is 43.2. The Balaban J connectivity index is 5.45. The quantitative estimate of drug-likeness (QED) is 0.0161. The number of nitrogens with one attached hydrogen (secondary N) is 1. The van der Waals surface area contributed by atoms with Crippen LogP contribution in [0.25, 0.3) is 0 Å². The van der Waals surface area contributed by atoms with Crippen LogP contribution in [0.2, 0.25) is 0 Å². The minimum atomic E-state index is -4.70. The molecule has 380 valence electrons. The van der Waals surface area contributed by atoms with Crippen molar-refractivity contribution in [1.82, 2.24) is 5.32 Å². The van der Waals surface area contributed by atoms with Gasteiger partial charge in [0.2, 0.25) is 5.91 Å². The summed E-state index contributed by atoms with van der Waals surface area (Å²) in [5.74, 6) is -0.583. The first-order valence-electron chi connectivity index (χ1n) is 27.0. The maximum Gasteiger partial charge on any atom is 0.306 e. The van der Waals surface area contributed by atoms with Crippen molar-refractivity contribution in [2.24, 2.45) is 0 Å². The molecule has 0 heterocycles. The molecule has 0 rings (SSSR count). The van der Waals surface area contributed by atoms with E-state index in [9.17, 15) is 19.0 Å². The Morgan fingerprint density at radius 3 is 1.46 bits per heavy atom. The van der Waals surface area contributed by atoms with Crippen LogP contribution in [0.5, 0.6) is 0 Å². The maximum absolute atomic E-state index is 13.4. The minimum absolute atomic E-state index is 0.0289. The summed E-state index contributed by atoms with van der Waals surface area (Å²) in [7, 11) is 1.16. The topological polar surface area (TPSA) is 114 Å². The average Bonchev–Trinajstić information content (AvgIpc) is 3.26. The van der Waals surface area contributed by atoms with Crippen molar-refractivity contribution in [3.8, 4) is 0 Å². The monoisotopic (exact) mass is 935 g/mol. The molecule has 10 heteroatoms. The summed E-state index contributed by atoms with van der Waals surface area (Å²) in [6.07, 6.45) is 53.6. The second-order valence-electron chi connectivity index (χ2n) is 19.4. The minimum Gasteiger partial charge on any atom is -0.756 e. The van der Waals surface area contributed by atoms with E-state index < -0.39 is 26.6 Å². The zero-order chi connectivity index (χ0) is 48.0. The van der Waals surface area contributed by atoms with Gasteiger partial charge < -0.3 is 28.5 Å². The second-order valence-corrected chi connectivity index (χ2v) is 20.8. The standard InChI is InChI=1S/C55H103N2O7P/c1-7-10-13-16-19-22-25-27-28-29-30-33-35-38-41-44-47-54(58)56-52(51-63-65(60,61)62-50-49-57(4,5)6)53(46-43-40-37-34-32-26-23-20-17-14-11-8-2)64-55(59)48-45-42-39-36-31-24-21-18-15-12-9-3/h18,21,28-30,33,43,46,52-53H,7-17,19-20,22-27,31-32,34-42,44-45,47-51H2,1-6H3,(H-,56,58,60,61)/b21-18-,29-28+,33-30+,46-43-. The number of nitrogens with zero attached hydrogens (tertiary/aromatic N) is 1. The van der Waals surface area contributed by atoms with Crippen LogP contribution in [0, 0.1) is 0 Å². The SMILES string of the molecule is CCCC/C=C\CCCCCCCC(=O)OC(/C=C\CCCCCCCCCCCC)C(COP(=O)([O-])OCC[N+](C)(C)C)NC(=O)CCCCC/C=C/C=C/CCCCCCCCC. The van der Waals surface area contributed by atoms with Crippen LogP contribution in [0.3, 0.4) is 0 Å². The van der Waals surface area contributed by atoms with Crippen molar-refractivity contribution >= 4 is 19.7 Å². The summed E-state index contributed by atoms with van der Waals surface area (Å²) in [6, 6.07) is -0.902. The fourth-order valence-electron chi connectivity index (χ4n) is 7.49. The van der Waals surface area contributed by atoms with Gasteiger partial charge in [0.1, 0.15) is 19.3 Å². The summed E-state index contributed by atoms with van der Waals surface area (Å²) < 4.78 is 30.1. The predicted molar refractivity (Wildman–Crippen MR) is 275 cm³/mol. The number of ether oxygens (including phenoxy) is 1.